The predicted molar refractivity (Wildman–Crippen MR) is 312 cm³/mol. The Morgan fingerprint density at radius 2 is 0.939 bits per heavy atom. The molecular weight excluding hydrogens is 1050 g/mol. The number of guanidine groups is 2. The van der Waals surface area contributed by atoms with Crippen LogP contribution in [-0.4, -0.2) is 144 Å². The van der Waals surface area contributed by atoms with Crippen molar-refractivity contribution in [2.45, 2.75) is 141 Å². The van der Waals surface area contributed by atoms with Gasteiger partial charge in [0.25, 0.3) is 0 Å². The molecule has 9 amide bonds. The fraction of sp³-hybridized carbons (Fsp3) is 0.491. The van der Waals surface area contributed by atoms with Crippen molar-refractivity contribution in [1.82, 2.24) is 42.1 Å². The second kappa shape index (κ2) is 36.5. The quantitative estimate of drug-likeness (QED) is 0.0197. The van der Waals surface area contributed by atoms with Crippen molar-refractivity contribution in [2.75, 3.05) is 32.7 Å². The predicted octanol–water partition coefficient (Wildman–Crippen LogP) is -0.488. The van der Waals surface area contributed by atoms with Crippen molar-refractivity contribution in [3.05, 3.63) is 102 Å². The van der Waals surface area contributed by atoms with Gasteiger partial charge < -0.3 is 75.9 Å². The van der Waals surface area contributed by atoms with Crippen molar-refractivity contribution < 1.29 is 48.3 Å². The summed E-state index contributed by atoms with van der Waals surface area (Å²) in [6.45, 7) is 6.51. The van der Waals surface area contributed by atoms with Crippen LogP contribution in [0.1, 0.15) is 102 Å². The summed E-state index contributed by atoms with van der Waals surface area (Å²) >= 11 is 0. The Hall–Kier alpha value is -8.77. The lowest BCUT2D eigenvalue weighted by Gasteiger charge is -2.30. The zero-order valence-electron chi connectivity index (χ0n) is 47.5. The number of unbranched alkanes of at least 4 members (excludes halogenated alkanes) is 3. The summed E-state index contributed by atoms with van der Waals surface area (Å²) in [5.74, 6) is -6.26. The number of phenolic OH excluding ortho intramolecular Hbond substituents is 1. The van der Waals surface area contributed by atoms with Gasteiger partial charge in [-0.1, -0.05) is 99.5 Å². The van der Waals surface area contributed by atoms with Gasteiger partial charge in [0.1, 0.15) is 42.0 Å². The number of aromatic hydroxyl groups is 1. The third-order valence-electron chi connectivity index (χ3n) is 12.8. The normalized spacial score (nSPS) is 13.0. The van der Waals surface area contributed by atoms with Crippen LogP contribution in [-0.2, 0) is 62.4 Å². The van der Waals surface area contributed by atoms with E-state index in [0.717, 1.165) is 0 Å². The minimum atomic E-state index is -1.38. The summed E-state index contributed by atoms with van der Waals surface area (Å²) in [7, 11) is 0. The fourth-order valence-electron chi connectivity index (χ4n) is 8.73. The first-order chi connectivity index (χ1) is 39.0. The fourth-order valence-corrected chi connectivity index (χ4v) is 8.73. The zero-order chi connectivity index (χ0) is 60.6. The number of carbonyl (C=O) groups is 9. The van der Waals surface area contributed by atoms with Gasteiger partial charge in [0, 0.05) is 59.3 Å². The standard InChI is InChI=1S/C57H85N15O10/c1-36(2)31-45(50(58)77)68-52(79)44(22-16-29-65-57(61)62)67-49(76)35-72(30-14-6-5-13-27-63-37(3)73)55(82)48(34-40-19-11-8-12-20-40)71-54(81)46(32-39-17-9-7-10-18-39)70-53(80)47(33-41-23-25-42(75)26-24-41)69-51(78)43(66-38(4)74)21-15-28-64-56(59)60/h7-12,17-20,23-26,36,43-48,75H,5-6,13-16,21-22,27-35H2,1-4H3,(H2,58,77)(H,63,73)(H,66,74)(H,67,76)(H,68,79)(H,69,78)(H,70,80)(H,71,81)(H4,59,60,64)(H4,61,62,65)/t43-,44-,45-,46-,47-,48+/m0/s1. The Kier molecular flexibility index (Phi) is 30.0. The minimum absolute atomic E-state index is 0.0175. The Morgan fingerprint density at radius 3 is 1.40 bits per heavy atom. The van der Waals surface area contributed by atoms with Crippen LogP contribution in [0, 0.1) is 5.92 Å². The lowest BCUT2D eigenvalue weighted by atomic mass is 10.00. The number of hydrogen-bond acceptors (Lipinski definition) is 12. The van der Waals surface area contributed by atoms with E-state index in [-0.39, 0.29) is 100 Å². The van der Waals surface area contributed by atoms with E-state index in [1.807, 2.05) is 13.8 Å². The molecule has 0 bridgehead atoms. The first-order valence-electron chi connectivity index (χ1n) is 27.6. The number of rotatable bonds is 37. The maximum atomic E-state index is 15.2. The van der Waals surface area contributed by atoms with E-state index >= 15 is 4.79 Å². The van der Waals surface area contributed by atoms with Crippen LogP contribution >= 0.6 is 0 Å². The molecule has 0 aliphatic heterocycles. The second-order valence-corrected chi connectivity index (χ2v) is 20.5. The SMILES string of the molecule is CC(=O)NCCCCCCN(CC(=O)N[C@@H](CCCN=C(N)N)C(=O)N[C@@H](CC(C)C)C(N)=O)C(=O)[C@@H](Cc1ccccc1)NC(=O)[C@H](Cc1ccccc1)NC(=O)[C@H](Cc1ccc(O)cc1)NC(=O)[C@H](CCCN=C(N)N)NC(C)=O. The summed E-state index contributed by atoms with van der Waals surface area (Å²) in [6, 6.07) is 16.1. The van der Waals surface area contributed by atoms with Gasteiger partial charge in [-0.3, -0.25) is 53.1 Å². The number of primary amides is 1. The Morgan fingerprint density at radius 1 is 0.500 bits per heavy atom. The Labute approximate surface area is 479 Å². The molecule has 0 aliphatic carbocycles. The number of phenols is 1. The van der Waals surface area contributed by atoms with E-state index in [1.165, 1.54) is 30.9 Å². The molecule has 0 unspecified atom stereocenters. The molecule has 18 N–H and O–H groups in total. The van der Waals surface area contributed by atoms with Gasteiger partial charge in [0.15, 0.2) is 11.9 Å². The number of carbonyl (C=O) groups excluding carboxylic acids is 9. The molecule has 448 valence electrons. The Bertz CT molecular complexity index is 2600. The lowest BCUT2D eigenvalue weighted by molar-refractivity contribution is -0.140. The van der Waals surface area contributed by atoms with Crippen LogP contribution in [0.2, 0.25) is 0 Å². The molecule has 25 heteroatoms. The number of nitrogens with one attached hydrogen (secondary N) is 7. The highest BCUT2D eigenvalue weighted by atomic mass is 16.3. The molecule has 0 aliphatic rings. The topological polar surface area (TPSA) is 416 Å². The molecule has 0 radical (unpaired) electrons. The van der Waals surface area contributed by atoms with Gasteiger partial charge in [-0.15, -0.1) is 0 Å². The van der Waals surface area contributed by atoms with Gasteiger partial charge >= 0.3 is 0 Å². The smallest absolute Gasteiger partial charge is 0.245 e. The highest BCUT2D eigenvalue weighted by molar-refractivity contribution is 5.97. The summed E-state index contributed by atoms with van der Waals surface area (Å²) in [4.78, 5) is 132. The molecule has 0 aromatic heterocycles. The van der Waals surface area contributed by atoms with Crippen LogP contribution in [0.25, 0.3) is 0 Å². The maximum absolute atomic E-state index is 15.2. The number of nitrogens with zero attached hydrogens (tertiary/aromatic N) is 3. The first kappa shape index (κ1) is 67.5. The average Bonchev–Trinajstić information content (AvgIpc) is 3.49. The summed E-state index contributed by atoms with van der Waals surface area (Å²) in [5, 5.41) is 29.3. The van der Waals surface area contributed by atoms with Crippen LogP contribution in [0.5, 0.6) is 5.75 Å². The number of amides is 9. The van der Waals surface area contributed by atoms with E-state index in [0.29, 0.717) is 48.9 Å². The molecule has 6 atom stereocenters. The highest BCUT2D eigenvalue weighted by Gasteiger charge is 2.34. The number of benzene rings is 3. The van der Waals surface area contributed by atoms with Crippen molar-refractivity contribution in [3.63, 3.8) is 0 Å². The lowest BCUT2D eigenvalue weighted by Crippen LogP contribution is -2.60. The van der Waals surface area contributed by atoms with Crippen LogP contribution < -0.4 is 65.9 Å². The monoisotopic (exact) mass is 1140 g/mol. The molecule has 0 heterocycles. The molecule has 0 fully saturated rings. The molecule has 82 heavy (non-hydrogen) atoms. The largest absolute Gasteiger partial charge is 0.508 e. The molecule has 3 aromatic rings. The van der Waals surface area contributed by atoms with Crippen molar-refractivity contribution in [1.29, 1.82) is 0 Å². The summed E-state index contributed by atoms with van der Waals surface area (Å²) in [5.41, 5.74) is 29.5. The minimum Gasteiger partial charge on any atom is -0.508 e. The highest BCUT2D eigenvalue weighted by Crippen LogP contribution is 2.15. The van der Waals surface area contributed by atoms with Crippen molar-refractivity contribution >= 4 is 65.1 Å². The molecule has 25 nitrogen and oxygen atoms in total. The maximum Gasteiger partial charge on any atom is 0.245 e. The van der Waals surface area contributed by atoms with Gasteiger partial charge in [0.05, 0.1) is 6.54 Å². The average molecular weight is 1140 g/mol. The molecule has 3 aromatic carbocycles. The van der Waals surface area contributed by atoms with E-state index in [1.54, 1.807) is 72.8 Å². The molecule has 0 spiro atoms. The van der Waals surface area contributed by atoms with Gasteiger partial charge in [0.2, 0.25) is 53.2 Å². The van der Waals surface area contributed by atoms with E-state index in [4.69, 9.17) is 28.7 Å². The van der Waals surface area contributed by atoms with Crippen molar-refractivity contribution in [2.24, 2.45) is 44.6 Å². The third-order valence-corrected chi connectivity index (χ3v) is 12.8. The number of aliphatic imine (C=N–C) groups is 2. The van der Waals surface area contributed by atoms with Crippen molar-refractivity contribution in [3.8, 4) is 5.75 Å². The zero-order valence-corrected chi connectivity index (χ0v) is 47.5. The molecule has 0 saturated carbocycles. The number of hydrogen-bond donors (Lipinski definition) is 13. The van der Waals surface area contributed by atoms with Gasteiger partial charge in [-0.25, -0.2) is 0 Å². The summed E-state index contributed by atoms with van der Waals surface area (Å²) < 4.78 is 0. The second-order valence-electron chi connectivity index (χ2n) is 20.5. The molecule has 0 saturated heterocycles. The number of nitrogens with two attached hydrogens (primary N) is 5. The third kappa shape index (κ3) is 27.4. The molecular formula is C57H85N15O10. The Balaban J connectivity index is 2.08. The van der Waals surface area contributed by atoms with E-state index in [2.05, 4.69) is 47.2 Å². The summed E-state index contributed by atoms with van der Waals surface area (Å²) in [6.07, 6.45) is 2.87. The van der Waals surface area contributed by atoms with Gasteiger partial charge in [-0.2, -0.15) is 0 Å². The van der Waals surface area contributed by atoms with Crippen LogP contribution in [0.3, 0.4) is 0 Å². The van der Waals surface area contributed by atoms with E-state index < -0.39 is 90.1 Å². The van der Waals surface area contributed by atoms with Crippen LogP contribution in [0.15, 0.2) is 94.9 Å². The van der Waals surface area contributed by atoms with Crippen LogP contribution in [0.4, 0.5) is 0 Å². The molecule has 3 rings (SSSR count). The van der Waals surface area contributed by atoms with Gasteiger partial charge in [-0.05, 0) is 79.7 Å². The van der Waals surface area contributed by atoms with E-state index in [9.17, 15) is 43.5 Å². The first-order valence-corrected chi connectivity index (χ1v) is 27.6.